The Bertz CT molecular complexity index is 2650. The van der Waals surface area contributed by atoms with Crippen molar-refractivity contribution in [1.29, 1.82) is 0 Å². The molecule has 6 heterocycles. The molecule has 4 aromatic rings. The zero-order valence-electron chi connectivity index (χ0n) is 37.7. The van der Waals surface area contributed by atoms with E-state index < -0.39 is 29.7 Å². The molecule has 5 aliphatic rings. The topological polar surface area (TPSA) is 201 Å². The first-order chi connectivity index (χ1) is 31.7. The lowest BCUT2D eigenvalue weighted by molar-refractivity contribution is -0.136. The number of hydrogen-bond acceptors (Lipinski definition) is 14. The highest BCUT2D eigenvalue weighted by atomic mass is 35.5. The highest BCUT2D eigenvalue weighted by Crippen LogP contribution is 2.37. The molecule has 2 aromatic heterocycles. The Balaban J connectivity index is 0.765. The van der Waals surface area contributed by atoms with Gasteiger partial charge in [0.2, 0.25) is 17.8 Å². The molecule has 2 aromatic carbocycles. The Morgan fingerprint density at radius 1 is 0.924 bits per heavy atom. The number of imide groups is 2. The largest absolute Gasteiger partial charge is 0.478 e. The van der Waals surface area contributed by atoms with Gasteiger partial charge in [-0.2, -0.15) is 4.98 Å². The number of carbonyl (C=O) groups excluding carboxylic acids is 5. The maximum atomic E-state index is 13.5. The van der Waals surface area contributed by atoms with E-state index in [0.29, 0.717) is 34.1 Å². The molecule has 348 valence electrons. The summed E-state index contributed by atoms with van der Waals surface area (Å²) < 4.78 is 13.9. The molecule has 3 atom stereocenters. The van der Waals surface area contributed by atoms with E-state index in [4.69, 9.17) is 26.1 Å². The number of carbonyl (C=O) groups is 5. The predicted molar refractivity (Wildman–Crippen MR) is 248 cm³/mol. The van der Waals surface area contributed by atoms with Crippen molar-refractivity contribution >= 4 is 75.2 Å². The van der Waals surface area contributed by atoms with E-state index in [-0.39, 0.29) is 72.6 Å². The molecule has 66 heavy (non-hydrogen) atoms. The SMILES string of the molecule is CNC(=O)COc1cc2cc(Nc3nc(N4CCC(OC5CC(N6C[C@@H](C)N(c7ccc8c(c7)C(=O)N([C@@H]7CCC(=O)NC7=O)C8=O)[C@@H](C)C6)C5)CC4)ncc3Cl)ccc2n(C(C)C)c1=O. The lowest BCUT2D eigenvalue weighted by Gasteiger charge is -2.52. The van der Waals surface area contributed by atoms with Crippen LogP contribution in [0.1, 0.15) is 93.0 Å². The Labute approximate surface area is 386 Å². The average molecular weight is 923 g/mol. The molecule has 0 unspecified atom stereocenters. The van der Waals surface area contributed by atoms with E-state index in [9.17, 15) is 28.8 Å². The zero-order chi connectivity index (χ0) is 46.6. The van der Waals surface area contributed by atoms with Crippen LogP contribution in [0.3, 0.4) is 0 Å². The van der Waals surface area contributed by atoms with E-state index >= 15 is 0 Å². The maximum absolute atomic E-state index is 13.5. The minimum Gasteiger partial charge on any atom is -0.478 e. The van der Waals surface area contributed by atoms with E-state index in [1.165, 1.54) is 7.05 Å². The van der Waals surface area contributed by atoms with Crippen molar-refractivity contribution in [2.75, 3.05) is 55.0 Å². The minimum absolute atomic E-state index is 0.0788. The smallest absolute Gasteiger partial charge is 0.293 e. The van der Waals surface area contributed by atoms with Gasteiger partial charge in [0, 0.05) is 80.6 Å². The number of benzene rings is 2. The summed E-state index contributed by atoms with van der Waals surface area (Å²) in [7, 11) is 1.51. The number of piperazine rings is 1. The number of halogens is 1. The number of fused-ring (bicyclic) bond motifs is 2. The van der Waals surface area contributed by atoms with Crippen LogP contribution in [0.4, 0.5) is 23.1 Å². The van der Waals surface area contributed by atoms with Gasteiger partial charge in [0.25, 0.3) is 23.3 Å². The van der Waals surface area contributed by atoms with Crippen molar-refractivity contribution in [3.63, 3.8) is 0 Å². The Morgan fingerprint density at radius 2 is 1.65 bits per heavy atom. The van der Waals surface area contributed by atoms with Crippen LogP contribution in [-0.2, 0) is 19.1 Å². The van der Waals surface area contributed by atoms with Gasteiger partial charge in [0.05, 0.1) is 35.0 Å². The third kappa shape index (κ3) is 8.68. The first-order valence-electron chi connectivity index (χ1n) is 22.8. The van der Waals surface area contributed by atoms with Gasteiger partial charge in [-0.15, -0.1) is 0 Å². The highest BCUT2D eigenvalue weighted by Gasteiger charge is 2.46. The number of piperidine rings is 2. The van der Waals surface area contributed by atoms with Crippen molar-refractivity contribution in [1.82, 2.24) is 35.0 Å². The summed E-state index contributed by atoms with van der Waals surface area (Å²) in [5.41, 5.74) is 2.55. The van der Waals surface area contributed by atoms with Crippen molar-refractivity contribution < 1.29 is 33.4 Å². The molecule has 0 spiro atoms. The molecule has 18 nitrogen and oxygen atoms in total. The summed E-state index contributed by atoms with van der Waals surface area (Å²) in [5, 5.41) is 9.19. The van der Waals surface area contributed by atoms with Gasteiger partial charge in [-0.3, -0.25) is 43.9 Å². The van der Waals surface area contributed by atoms with Crippen LogP contribution in [0.5, 0.6) is 5.75 Å². The third-order valence-corrected chi connectivity index (χ3v) is 13.8. The van der Waals surface area contributed by atoms with Gasteiger partial charge >= 0.3 is 0 Å². The molecule has 5 amide bonds. The molecule has 3 saturated heterocycles. The quantitative estimate of drug-likeness (QED) is 0.169. The summed E-state index contributed by atoms with van der Waals surface area (Å²) >= 11 is 6.61. The normalized spacial score (nSPS) is 23.9. The fourth-order valence-electron chi connectivity index (χ4n) is 10.2. The zero-order valence-corrected chi connectivity index (χ0v) is 38.5. The monoisotopic (exact) mass is 922 g/mol. The van der Waals surface area contributed by atoms with Crippen LogP contribution >= 0.6 is 11.6 Å². The molecule has 0 bridgehead atoms. The first-order valence-corrected chi connectivity index (χ1v) is 23.2. The maximum Gasteiger partial charge on any atom is 0.293 e. The molecule has 4 fully saturated rings. The van der Waals surface area contributed by atoms with Gasteiger partial charge in [0.1, 0.15) is 11.1 Å². The van der Waals surface area contributed by atoms with E-state index in [2.05, 4.69) is 49.5 Å². The van der Waals surface area contributed by atoms with Crippen LogP contribution in [-0.4, -0.2) is 130 Å². The van der Waals surface area contributed by atoms with Crippen molar-refractivity contribution in [3.8, 4) is 5.75 Å². The summed E-state index contributed by atoms with van der Waals surface area (Å²) in [4.78, 5) is 93.6. The standard InChI is InChI=1S/C47H55ClN10O8/c1-25(2)56-37-9-6-29(16-28(37)17-39(46(56)64)65-24-41(60)49-5)51-42-36(48)21-50-47(53-42)54-14-12-32(13-15-54)66-33-18-31(19-33)55-22-26(3)57(27(4)23-55)30-7-8-34-35(20-30)45(63)58(44(34)62)38-10-11-40(59)52-43(38)61/h6-9,16-17,20-21,25-27,31-33,38H,10-15,18-19,22-24H2,1-5H3,(H,49,60)(H,50,51,53)(H,52,59,61)/t26-,27+,31?,33?,38-/m1/s1. The lowest BCUT2D eigenvalue weighted by Crippen LogP contribution is -2.62. The number of aromatic nitrogens is 3. The third-order valence-electron chi connectivity index (χ3n) is 13.5. The average Bonchev–Trinajstić information content (AvgIpc) is 3.52. The number of nitrogens with one attached hydrogen (secondary N) is 3. The molecule has 3 N–H and O–H groups in total. The number of hydrogen-bond donors (Lipinski definition) is 3. The Kier molecular flexibility index (Phi) is 12.5. The van der Waals surface area contributed by atoms with Crippen LogP contribution in [0.25, 0.3) is 10.9 Å². The van der Waals surface area contributed by atoms with Crippen LogP contribution in [0.15, 0.2) is 53.5 Å². The van der Waals surface area contributed by atoms with Gasteiger partial charge in [-0.1, -0.05) is 11.6 Å². The second-order valence-electron chi connectivity index (χ2n) is 18.3. The molecule has 9 rings (SSSR count). The van der Waals surface area contributed by atoms with Gasteiger partial charge in [0.15, 0.2) is 18.2 Å². The first kappa shape index (κ1) is 45.1. The molecule has 0 radical (unpaired) electrons. The van der Waals surface area contributed by atoms with Gasteiger partial charge in [-0.25, -0.2) is 4.98 Å². The van der Waals surface area contributed by atoms with Crippen molar-refractivity contribution in [2.24, 2.45) is 0 Å². The van der Waals surface area contributed by atoms with Gasteiger partial charge < -0.3 is 34.5 Å². The van der Waals surface area contributed by atoms with Crippen LogP contribution in [0, 0.1) is 0 Å². The fourth-order valence-corrected chi connectivity index (χ4v) is 10.3. The second kappa shape index (κ2) is 18.3. The number of amides is 5. The van der Waals surface area contributed by atoms with Gasteiger partial charge in [-0.05, 0) is 102 Å². The number of likely N-dealkylation sites (N-methyl/N-ethyl adjacent to an activating group) is 1. The summed E-state index contributed by atoms with van der Waals surface area (Å²) in [6.45, 7) is 11.1. The molecular weight excluding hydrogens is 868 g/mol. The number of ether oxygens (including phenoxy) is 2. The van der Waals surface area contributed by atoms with Crippen molar-refractivity contribution in [3.05, 3.63) is 75.2 Å². The lowest BCUT2D eigenvalue weighted by atomic mass is 9.86. The molecule has 19 heteroatoms. The Hall–Kier alpha value is -6.11. The number of nitrogens with zero attached hydrogens (tertiary/aromatic N) is 7. The van der Waals surface area contributed by atoms with Crippen molar-refractivity contribution in [2.45, 2.75) is 109 Å². The minimum atomic E-state index is -0.995. The summed E-state index contributed by atoms with van der Waals surface area (Å²) in [6, 6.07) is 12.2. The van der Waals surface area contributed by atoms with Crippen LogP contribution < -0.4 is 36.0 Å². The van der Waals surface area contributed by atoms with E-state index in [1.54, 1.807) is 29.0 Å². The van der Waals surface area contributed by atoms with Crippen LogP contribution in [0.2, 0.25) is 5.02 Å². The summed E-state index contributed by atoms with van der Waals surface area (Å²) in [5.74, 6) is -1.25. The number of rotatable bonds is 12. The molecular formula is C47H55ClN10O8. The highest BCUT2D eigenvalue weighted by molar-refractivity contribution is 6.33. The molecule has 1 aliphatic carbocycles. The summed E-state index contributed by atoms with van der Waals surface area (Å²) in [6.07, 6.45) is 5.75. The van der Waals surface area contributed by atoms with E-state index in [1.807, 2.05) is 38.1 Å². The number of anilines is 4. The fraction of sp³-hybridized carbons (Fsp3) is 0.489. The van der Waals surface area contributed by atoms with E-state index in [0.717, 1.165) is 73.4 Å². The number of pyridine rings is 1. The molecule has 4 aliphatic heterocycles. The molecule has 1 saturated carbocycles. The Morgan fingerprint density at radius 3 is 2.35 bits per heavy atom. The second-order valence-corrected chi connectivity index (χ2v) is 18.7. The predicted octanol–water partition coefficient (Wildman–Crippen LogP) is 4.41.